The van der Waals surface area contributed by atoms with E-state index >= 15 is 0 Å². The van der Waals surface area contributed by atoms with E-state index in [2.05, 4.69) is 151 Å². The number of fused-ring (bicyclic) bond motifs is 9. The van der Waals surface area contributed by atoms with Gasteiger partial charge >= 0.3 is 0 Å². The zero-order valence-corrected chi connectivity index (χ0v) is 30.2. The fraction of sp³-hybridized carbons (Fsp3) is 0.292. The van der Waals surface area contributed by atoms with E-state index in [1.54, 1.807) is 0 Å². The van der Waals surface area contributed by atoms with Gasteiger partial charge < -0.3 is 24.8 Å². The molecular weight excluding hydrogens is 653 g/mol. The van der Waals surface area contributed by atoms with E-state index in [0.29, 0.717) is 5.92 Å². The van der Waals surface area contributed by atoms with Crippen molar-refractivity contribution >= 4 is 0 Å². The second-order valence-corrected chi connectivity index (χ2v) is 15.4. The van der Waals surface area contributed by atoms with Gasteiger partial charge in [-0.3, -0.25) is 0 Å². The molecule has 10 rings (SSSR count). The van der Waals surface area contributed by atoms with Crippen LogP contribution in [-0.4, -0.2) is 23.1 Å². The van der Waals surface area contributed by atoms with Gasteiger partial charge in [-0.05, 0) is 73.6 Å². The van der Waals surface area contributed by atoms with E-state index in [-0.39, 0.29) is 30.1 Å². The molecular formula is C48H46N2O3. The lowest BCUT2D eigenvalue weighted by molar-refractivity contribution is 0.0287. The Kier molecular flexibility index (Phi) is 7.85. The highest BCUT2D eigenvalue weighted by molar-refractivity contribution is 5.68. The molecule has 4 aromatic carbocycles. The largest absolute Gasteiger partial charge is 0.489 e. The molecule has 3 heterocycles. The lowest BCUT2D eigenvalue weighted by Crippen LogP contribution is -2.51. The van der Waals surface area contributed by atoms with Gasteiger partial charge in [0.2, 0.25) is 0 Å². The Morgan fingerprint density at radius 3 is 2.26 bits per heavy atom. The fourth-order valence-corrected chi connectivity index (χ4v) is 10.1. The lowest BCUT2D eigenvalue weighted by atomic mass is 9.55. The average molecular weight is 699 g/mol. The van der Waals surface area contributed by atoms with Crippen LogP contribution in [0.25, 0.3) is 0 Å². The van der Waals surface area contributed by atoms with E-state index in [1.165, 1.54) is 33.5 Å². The SMILES string of the molecule is CCCC1=C(N)N(C2=CCCC=C2)C2CC(c3ccc4c(c3)Oc3ccccc3C43c4ccccc4OC4CC(c5ccccc5)C=CC43)C=CC2O1. The van der Waals surface area contributed by atoms with Gasteiger partial charge in [0, 0.05) is 46.6 Å². The van der Waals surface area contributed by atoms with Crippen LogP contribution in [0.5, 0.6) is 17.2 Å². The Morgan fingerprint density at radius 2 is 1.45 bits per heavy atom. The number of hydrogen-bond acceptors (Lipinski definition) is 5. The van der Waals surface area contributed by atoms with E-state index in [0.717, 1.165) is 67.4 Å². The summed E-state index contributed by atoms with van der Waals surface area (Å²) in [5, 5.41) is 0. The van der Waals surface area contributed by atoms with Gasteiger partial charge in [-0.25, -0.2) is 0 Å². The summed E-state index contributed by atoms with van der Waals surface area (Å²) in [5.41, 5.74) is 13.8. The van der Waals surface area contributed by atoms with Crippen LogP contribution in [-0.2, 0) is 10.2 Å². The third-order valence-corrected chi connectivity index (χ3v) is 12.4. The van der Waals surface area contributed by atoms with E-state index in [1.807, 2.05) is 0 Å². The summed E-state index contributed by atoms with van der Waals surface area (Å²) in [5.74, 6) is 5.01. The van der Waals surface area contributed by atoms with Crippen LogP contribution < -0.4 is 15.2 Å². The number of para-hydroxylation sites is 2. The van der Waals surface area contributed by atoms with Crippen LogP contribution in [0.4, 0.5) is 0 Å². The first-order valence-electron chi connectivity index (χ1n) is 19.5. The molecule has 4 aromatic rings. The number of rotatable bonds is 5. The van der Waals surface area contributed by atoms with Gasteiger partial charge in [0.15, 0.2) is 0 Å². The lowest BCUT2D eigenvalue weighted by Gasteiger charge is -2.52. The predicted octanol–water partition coefficient (Wildman–Crippen LogP) is 10.5. The van der Waals surface area contributed by atoms with Crippen LogP contribution in [0.15, 0.2) is 157 Å². The molecule has 0 aromatic heterocycles. The normalized spacial score (nSPS) is 29.1. The van der Waals surface area contributed by atoms with Crippen molar-refractivity contribution in [1.29, 1.82) is 0 Å². The Morgan fingerprint density at radius 1 is 0.717 bits per heavy atom. The summed E-state index contributed by atoms with van der Waals surface area (Å²) < 4.78 is 20.5. The van der Waals surface area contributed by atoms with Crippen molar-refractivity contribution in [3.63, 3.8) is 0 Å². The number of ether oxygens (including phenoxy) is 3. The summed E-state index contributed by atoms with van der Waals surface area (Å²) in [6, 6.07) is 35.3. The van der Waals surface area contributed by atoms with Gasteiger partial charge in [0.05, 0.1) is 11.5 Å². The molecule has 5 heteroatoms. The van der Waals surface area contributed by atoms with E-state index in [9.17, 15) is 0 Å². The highest BCUT2D eigenvalue weighted by atomic mass is 16.5. The molecule has 3 aliphatic carbocycles. The van der Waals surface area contributed by atoms with Gasteiger partial charge in [-0.15, -0.1) is 0 Å². The number of benzene rings is 4. The number of nitrogens with two attached hydrogens (primary N) is 1. The standard InChI is InChI=1S/C48H46N2O3/c1-2-13-44-47(49)50(35-16-7-4-8-17-35)40-28-32(24-27-43(40)53-44)34-23-26-39-46(30-34)52-42-21-12-10-19-37(42)48(39)36-18-9-11-20-41(36)51-45-29-33(22-25-38(45)48)31-14-5-3-6-15-31/h3,5-7,9-12,14-27,30,32-33,38,40,43,45H,2,4,8,13,28-29,49H2,1H3. The van der Waals surface area contributed by atoms with E-state index < -0.39 is 5.41 Å². The van der Waals surface area contributed by atoms with Crippen molar-refractivity contribution in [3.8, 4) is 17.2 Å². The predicted molar refractivity (Wildman–Crippen MR) is 210 cm³/mol. The molecule has 0 amide bonds. The first kappa shape index (κ1) is 32.2. The van der Waals surface area contributed by atoms with Gasteiger partial charge in [-0.1, -0.05) is 116 Å². The molecule has 5 nitrogen and oxygen atoms in total. The molecule has 3 aliphatic heterocycles. The van der Waals surface area contributed by atoms with Crippen molar-refractivity contribution in [2.24, 2.45) is 11.7 Å². The minimum Gasteiger partial charge on any atom is -0.489 e. The Labute approximate surface area is 312 Å². The molecule has 0 fully saturated rings. The monoisotopic (exact) mass is 698 g/mol. The molecule has 0 saturated heterocycles. The molecule has 53 heavy (non-hydrogen) atoms. The second kappa shape index (κ2) is 12.9. The van der Waals surface area contributed by atoms with Crippen molar-refractivity contribution in [2.75, 3.05) is 0 Å². The zero-order valence-electron chi connectivity index (χ0n) is 30.2. The summed E-state index contributed by atoms with van der Waals surface area (Å²) in [6.07, 6.45) is 22.0. The van der Waals surface area contributed by atoms with Crippen LogP contribution >= 0.6 is 0 Å². The molecule has 1 spiro atoms. The van der Waals surface area contributed by atoms with Gasteiger partial charge in [-0.2, -0.15) is 0 Å². The van der Waals surface area contributed by atoms with Crippen LogP contribution in [0.3, 0.4) is 0 Å². The second-order valence-electron chi connectivity index (χ2n) is 15.4. The molecule has 2 N–H and O–H groups in total. The molecule has 0 saturated carbocycles. The maximum Gasteiger partial charge on any atom is 0.143 e. The number of hydrogen-bond donors (Lipinski definition) is 1. The Hall–Kier alpha value is -5.42. The fourth-order valence-electron chi connectivity index (χ4n) is 10.1. The van der Waals surface area contributed by atoms with Gasteiger partial charge in [0.1, 0.15) is 41.0 Å². The quantitative estimate of drug-likeness (QED) is 0.210. The Balaban J connectivity index is 1.07. The smallest absolute Gasteiger partial charge is 0.143 e. The van der Waals surface area contributed by atoms with E-state index in [4.69, 9.17) is 19.9 Å². The van der Waals surface area contributed by atoms with Crippen LogP contribution in [0, 0.1) is 5.92 Å². The summed E-state index contributed by atoms with van der Waals surface area (Å²) in [7, 11) is 0. The van der Waals surface area contributed by atoms with Crippen LogP contribution in [0.1, 0.15) is 85.1 Å². The van der Waals surface area contributed by atoms with Gasteiger partial charge in [0.25, 0.3) is 0 Å². The maximum atomic E-state index is 6.96. The average Bonchev–Trinajstić information content (AvgIpc) is 3.21. The first-order valence-corrected chi connectivity index (χ1v) is 19.5. The zero-order chi connectivity index (χ0) is 35.5. The molecule has 7 unspecified atom stereocenters. The topological polar surface area (TPSA) is 57.0 Å². The summed E-state index contributed by atoms with van der Waals surface area (Å²) in [6.45, 7) is 2.18. The highest BCUT2D eigenvalue weighted by Crippen LogP contribution is 2.62. The summed E-state index contributed by atoms with van der Waals surface area (Å²) >= 11 is 0. The number of nitrogens with zero attached hydrogens (tertiary/aromatic N) is 1. The third kappa shape index (κ3) is 5.11. The van der Waals surface area contributed by atoms with Crippen molar-refractivity contribution in [3.05, 3.63) is 185 Å². The highest BCUT2D eigenvalue weighted by Gasteiger charge is 2.56. The first-order chi connectivity index (χ1) is 26.1. The van der Waals surface area contributed by atoms with Crippen molar-refractivity contribution < 1.29 is 14.2 Å². The minimum atomic E-state index is -0.476. The third-order valence-electron chi connectivity index (χ3n) is 12.4. The number of allylic oxidation sites excluding steroid dienone is 6. The molecule has 0 radical (unpaired) electrons. The molecule has 7 atom stereocenters. The Bertz CT molecular complexity index is 2210. The molecule has 6 aliphatic rings. The molecule has 0 bridgehead atoms. The maximum absolute atomic E-state index is 6.96. The molecule has 266 valence electrons. The minimum absolute atomic E-state index is 0.00598. The van der Waals surface area contributed by atoms with Crippen molar-refractivity contribution in [2.45, 2.75) is 80.9 Å². The van der Waals surface area contributed by atoms with Crippen molar-refractivity contribution in [1.82, 2.24) is 4.90 Å². The van der Waals surface area contributed by atoms with Crippen LogP contribution in [0.2, 0.25) is 0 Å². The summed E-state index contributed by atoms with van der Waals surface area (Å²) in [4.78, 5) is 2.36.